The van der Waals surface area contributed by atoms with Crippen molar-refractivity contribution in [3.63, 3.8) is 0 Å². The molecule has 0 aliphatic carbocycles. The van der Waals surface area contributed by atoms with Crippen LogP contribution in [0.5, 0.6) is 0 Å². The summed E-state index contributed by atoms with van der Waals surface area (Å²) in [6.07, 6.45) is 2.80. The van der Waals surface area contributed by atoms with Crippen molar-refractivity contribution < 1.29 is 26.2 Å². The molecule has 3 aromatic rings. The molecule has 1 unspecified atom stereocenters. The number of carbonyl (C=O) groups excluding carboxylic acids is 1. The molecule has 1 aliphatic rings. The fraction of sp³-hybridized carbons (Fsp3) is 0.400. The van der Waals surface area contributed by atoms with Crippen LogP contribution in [0.15, 0.2) is 34.7 Å². The van der Waals surface area contributed by atoms with Crippen molar-refractivity contribution in [3.8, 4) is 11.3 Å². The molecule has 1 atom stereocenters. The third-order valence-corrected chi connectivity index (χ3v) is 9.82. The Morgan fingerprint density at radius 3 is 2.59 bits per heavy atom. The van der Waals surface area contributed by atoms with Gasteiger partial charge in [-0.1, -0.05) is 6.92 Å². The number of fused-ring (bicyclic) bond motifs is 1. The Balaban J connectivity index is 1.78. The predicted molar refractivity (Wildman–Crippen MR) is 145 cm³/mol. The average molecular weight is 551 g/mol. The number of aromatic nitrogens is 1. The van der Waals surface area contributed by atoms with Crippen LogP contribution in [0.25, 0.3) is 22.4 Å². The van der Waals surface area contributed by atoms with Crippen molar-refractivity contribution in [1.82, 2.24) is 14.6 Å². The minimum atomic E-state index is -3.72. The zero-order valence-electron chi connectivity index (χ0n) is 21.1. The third kappa shape index (κ3) is 5.51. The predicted octanol–water partition coefficient (Wildman–Crippen LogP) is 3.05. The standard InChI is InChI=1S/C25H31FN4O5S2/c1-5-17-16-20-21(24(31)27-2)22(18-8-10-19(26)11-9-18)35-25(20)28-23(17)30(37(4,33)34)14-6-12-29-13-7-15-36(29,3)32/h8-11,16H,3,5-7,12-15H2,1-2,4H3,(H,27,31). The summed E-state index contributed by atoms with van der Waals surface area (Å²) in [5, 5.41) is 3.03. The van der Waals surface area contributed by atoms with Crippen LogP contribution >= 0.6 is 0 Å². The van der Waals surface area contributed by atoms with Gasteiger partial charge < -0.3 is 9.73 Å². The fourth-order valence-electron chi connectivity index (χ4n) is 4.55. The Bertz CT molecular complexity index is 1530. The van der Waals surface area contributed by atoms with E-state index in [4.69, 9.17) is 4.42 Å². The molecule has 3 heterocycles. The zero-order valence-corrected chi connectivity index (χ0v) is 22.8. The molecule has 0 radical (unpaired) electrons. The zero-order chi connectivity index (χ0) is 27.0. The van der Waals surface area contributed by atoms with Crippen molar-refractivity contribution >= 4 is 48.4 Å². The summed E-state index contributed by atoms with van der Waals surface area (Å²) in [4.78, 5) is 17.4. The Hall–Kier alpha value is -2.96. The third-order valence-electron chi connectivity index (χ3n) is 6.43. The Labute approximate surface area is 216 Å². The number of halogens is 1. The van der Waals surface area contributed by atoms with E-state index in [1.165, 1.54) is 35.6 Å². The molecule has 2 aromatic heterocycles. The molecular formula is C25H31FN4O5S2. The summed E-state index contributed by atoms with van der Waals surface area (Å²) in [6, 6.07) is 7.26. The molecule has 9 nitrogen and oxygen atoms in total. The largest absolute Gasteiger partial charge is 0.437 e. The van der Waals surface area contributed by atoms with Gasteiger partial charge in [-0.25, -0.2) is 17.1 Å². The van der Waals surface area contributed by atoms with Gasteiger partial charge in [0.1, 0.15) is 17.4 Å². The number of carbonyl (C=O) groups is 1. The van der Waals surface area contributed by atoms with E-state index >= 15 is 0 Å². The van der Waals surface area contributed by atoms with Crippen LogP contribution in [-0.2, 0) is 26.2 Å². The van der Waals surface area contributed by atoms with E-state index in [0.717, 1.165) is 12.7 Å². The summed E-state index contributed by atoms with van der Waals surface area (Å²) in [6.45, 7) is 3.13. The lowest BCUT2D eigenvalue weighted by Crippen LogP contribution is -2.35. The normalized spacial score (nSPS) is 18.4. The number of nitrogens with zero attached hydrogens (tertiary/aromatic N) is 3. The molecule has 0 spiro atoms. The second-order valence-electron chi connectivity index (χ2n) is 9.02. The van der Waals surface area contributed by atoms with Gasteiger partial charge in [-0.05, 0) is 61.0 Å². The van der Waals surface area contributed by atoms with E-state index in [-0.39, 0.29) is 29.4 Å². The molecule has 0 saturated carbocycles. The SMILES string of the molecule is C=S1(=O)CCCN1CCCN(c1nc2oc(-c3ccc(F)cc3)c(C(=O)NC)c2cc1CC)S(C)(=O)=O. The number of furan rings is 1. The van der Waals surface area contributed by atoms with Gasteiger partial charge >= 0.3 is 0 Å². The number of amides is 1. The van der Waals surface area contributed by atoms with E-state index in [1.807, 2.05) is 11.2 Å². The fourth-order valence-corrected chi connectivity index (χ4v) is 7.24. The van der Waals surface area contributed by atoms with Gasteiger partial charge in [0.15, 0.2) is 0 Å². The highest BCUT2D eigenvalue weighted by Crippen LogP contribution is 2.36. The van der Waals surface area contributed by atoms with Crippen LogP contribution in [0.1, 0.15) is 35.7 Å². The molecule has 37 heavy (non-hydrogen) atoms. The van der Waals surface area contributed by atoms with Gasteiger partial charge in [-0.15, -0.1) is 0 Å². The lowest BCUT2D eigenvalue weighted by atomic mass is 10.0. The van der Waals surface area contributed by atoms with Crippen LogP contribution in [0.2, 0.25) is 0 Å². The molecular weight excluding hydrogens is 519 g/mol. The minimum Gasteiger partial charge on any atom is -0.437 e. The molecule has 1 N–H and O–H groups in total. The monoisotopic (exact) mass is 550 g/mol. The first kappa shape index (κ1) is 27.1. The van der Waals surface area contributed by atoms with E-state index in [2.05, 4.69) is 16.2 Å². The summed E-state index contributed by atoms with van der Waals surface area (Å²) < 4.78 is 60.8. The average Bonchev–Trinajstić information content (AvgIpc) is 3.38. The summed E-state index contributed by atoms with van der Waals surface area (Å²) in [5.74, 6) is 3.97. The minimum absolute atomic E-state index is 0.0964. The van der Waals surface area contributed by atoms with Crippen LogP contribution in [0.3, 0.4) is 0 Å². The quantitative estimate of drug-likeness (QED) is 0.410. The van der Waals surface area contributed by atoms with Crippen LogP contribution in [0.4, 0.5) is 10.2 Å². The summed E-state index contributed by atoms with van der Waals surface area (Å²) in [7, 11) is -4.52. The molecule has 1 fully saturated rings. The van der Waals surface area contributed by atoms with Crippen molar-refractivity contribution in [2.75, 3.05) is 43.0 Å². The molecule has 4 rings (SSSR count). The maximum atomic E-state index is 13.5. The maximum Gasteiger partial charge on any atom is 0.255 e. The Kier molecular flexibility index (Phi) is 7.63. The molecule has 1 saturated heterocycles. The van der Waals surface area contributed by atoms with Gasteiger partial charge in [-0.2, -0.15) is 4.98 Å². The van der Waals surface area contributed by atoms with Crippen molar-refractivity contribution in [2.24, 2.45) is 0 Å². The van der Waals surface area contributed by atoms with Crippen molar-refractivity contribution in [2.45, 2.75) is 26.2 Å². The number of sulfonamides is 1. The topological polar surface area (TPSA) is 113 Å². The van der Waals surface area contributed by atoms with Crippen molar-refractivity contribution in [1.29, 1.82) is 0 Å². The van der Waals surface area contributed by atoms with E-state index in [1.54, 1.807) is 6.07 Å². The van der Waals surface area contributed by atoms with Crippen LogP contribution in [-0.4, -0.2) is 72.4 Å². The van der Waals surface area contributed by atoms with E-state index < -0.39 is 31.5 Å². The van der Waals surface area contributed by atoms with Gasteiger partial charge in [0.2, 0.25) is 15.7 Å². The molecule has 200 valence electrons. The van der Waals surface area contributed by atoms with Crippen molar-refractivity contribution in [3.05, 3.63) is 47.3 Å². The second-order valence-corrected chi connectivity index (χ2v) is 13.4. The summed E-state index contributed by atoms with van der Waals surface area (Å²) >= 11 is 0. The molecule has 1 aromatic carbocycles. The van der Waals surface area contributed by atoms with Gasteiger partial charge in [0, 0.05) is 47.7 Å². The molecule has 1 amide bonds. The first-order valence-electron chi connectivity index (χ1n) is 12.0. The number of aryl methyl sites for hydroxylation is 1. The highest BCUT2D eigenvalue weighted by atomic mass is 32.2. The lowest BCUT2D eigenvalue weighted by molar-refractivity contribution is 0.0964. The molecule has 1 aliphatic heterocycles. The maximum absolute atomic E-state index is 13.5. The highest BCUT2D eigenvalue weighted by Gasteiger charge is 2.28. The lowest BCUT2D eigenvalue weighted by Gasteiger charge is -2.25. The van der Waals surface area contributed by atoms with E-state index in [9.17, 15) is 21.8 Å². The van der Waals surface area contributed by atoms with Gasteiger partial charge in [0.25, 0.3) is 5.91 Å². The Morgan fingerprint density at radius 1 is 1.32 bits per heavy atom. The first-order valence-corrected chi connectivity index (χ1v) is 15.7. The molecule has 0 bridgehead atoms. The molecule has 12 heteroatoms. The number of benzene rings is 1. The number of nitrogens with one attached hydrogen (secondary N) is 1. The number of hydrogen-bond acceptors (Lipinski definition) is 6. The van der Waals surface area contributed by atoms with Crippen LogP contribution in [0, 0.1) is 5.82 Å². The number of pyridine rings is 1. The smallest absolute Gasteiger partial charge is 0.255 e. The Morgan fingerprint density at radius 2 is 2.03 bits per heavy atom. The van der Waals surface area contributed by atoms with Gasteiger partial charge in [-0.3, -0.25) is 13.3 Å². The first-order chi connectivity index (χ1) is 17.5. The number of rotatable bonds is 9. The second kappa shape index (κ2) is 10.4. The number of anilines is 1. The summed E-state index contributed by atoms with van der Waals surface area (Å²) in [5.41, 5.74) is 1.44. The van der Waals surface area contributed by atoms with Gasteiger partial charge in [0.05, 0.1) is 17.2 Å². The number of hydrogen-bond donors (Lipinski definition) is 1. The highest BCUT2D eigenvalue weighted by molar-refractivity contribution is 7.98. The van der Waals surface area contributed by atoms with Crippen LogP contribution < -0.4 is 9.62 Å². The van der Waals surface area contributed by atoms with E-state index in [0.29, 0.717) is 48.2 Å².